The van der Waals surface area contributed by atoms with Crippen LogP contribution in [0.15, 0.2) is 12.1 Å². The second-order valence-electron chi connectivity index (χ2n) is 2.65. The Morgan fingerprint density at radius 2 is 1.79 bits per heavy atom. The number of nitrogens with one attached hydrogen (secondary N) is 1. The normalized spacial score (nSPS) is 10.3. The number of hydrogen-bond acceptors (Lipinski definition) is 2. The third-order valence-electron chi connectivity index (χ3n) is 1.56. The Morgan fingerprint density at radius 1 is 1.21 bits per heavy atom. The highest BCUT2D eigenvalue weighted by Crippen LogP contribution is 2.29. The molecule has 5 heteroatoms. The average molecular weight is 529 g/mol. The van der Waals surface area contributed by atoms with Crippen molar-refractivity contribution in [3.05, 3.63) is 22.8 Å². The molecule has 1 aromatic carbocycles. The summed E-state index contributed by atoms with van der Waals surface area (Å²) in [5.41, 5.74) is 0. The number of benzene rings is 1. The lowest BCUT2D eigenvalue weighted by molar-refractivity contribution is 0.314. The van der Waals surface area contributed by atoms with E-state index in [-0.39, 0.29) is 0 Å². The van der Waals surface area contributed by atoms with Crippen LogP contribution in [0, 0.1) is 10.7 Å². The fourth-order valence-corrected chi connectivity index (χ4v) is 4.82. The zero-order valence-electron chi connectivity index (χ0n) is 7.61. The number of hydrogen-bond donors (Lipinski definition) is 1. The SMILES string of the molecule is CNCCOc1c(I)cc(I)cc1I. The quantitative estimate of drug-likeness (QED) is 0.479. The highest BCUT2D eigenvalue weighted by Gasteiger charge is 2.07. The van der Waals surface area contributed by atoms with Crippen LogP contribution in [0.3, 0.4) is 0 Å². The minimum Gasteiger partial charge on any atom is -0.490 e. The largest absolute Gasteiger partial charge is 0.490 e. The first kappa shape index (κ1) is 13.2. The van der Waals surface area contributed by atoms with Crippen molar-refractivity contribution in [2.24, 2.45) is 0 Å². The van der Waals surface area contributed by atoms with Crippen LogP contribution in [0.2, 0.25) is 0 Å². The summed E-state index contributed by atoms with van der Waals surface area (Å²) in [6.45, 7) is 1.58. The minimum atomic E-state index is 0.711. The summed E-state index contributed by atoms with van der Waals surface area (Å²) in [4.78, 5) is 0. The fourth-order valence-electron chi connectivity index (χ4n) is 0.922. The Kier molecular flexibility index (Phi) is 6.32. The molecule has 1 N–H and O–H groups in total. The van der Waals surface area contributed by atoms with E-state index in [2.05, 4.69) is 85.2 Å². The van der Waals surface area contributed by atoms with Gasteiger partial charge >= 0.3 is 0 Å². The van der Waals surface area contributed by atoms with Gasteiger partial charge in [-0.15, -0.1) is 0 Å². The number of likely N-dealkylation sites (N-methyl/N-ethyl adjacent to an activating group) is 1. The molecule has 1 rings (SSSR count). The maximum absolute atomic E-state index is 5.68. The highest BCUT2D eigenvalue weighted by molar-refractivity contribution is 14.1. The Labute approximate surface area is 125 Å². The second kappa shape index (κ2) is 6.69. The third-order valence-corrected chi connectivity index (χ3v) is 3.79. The predicted molar refractivity (Wildman–Crippen MR) is 84.0 cm³/mol. The topological polar surface area (TPSA) is 21.3 Å². The molecule has 0 saturated heterocycles. The summed E-state index contributed by atoms with van der Waals surface area (Å²) in [6.07, 6.45) is 0. The summed E-state index contributed by atoms with van der Waals surface area (Å²) in [5.74, 6) is 1.00. The molecule has 14 heavy (non-hydrogen) atoms. The molecule has 0 bridgehead atoms. The van der Waals surface area contributed by atoms with E-state index in [0.29, 0.717) is 6.61 Å². The van der Waals surface area contributed by atoms with Crippen molar-refractivity contribution >= 4 is 67.8 Å². The molecule has 0 heterocycles. The van der Waals surface area contributed by atoms with Crippen LogP contribution in [-0.2, 0) is 0 Å². The Bertz CT molecular complexity index is 294. The molecule has 0 aliphatic carbocycles. The van der Waals surface area contributed by atoms with Crippen LogP contribution >= 0.6 is 67.8 Å². The molecule has 78 valence electrons. The van der Waals surface area contributed by atoms with Crippen LogP contribution in [0.5, 0.6) is 5.75 Å². The van der Waals surface area contributed by atoms with Gasteiger partial charge in [0.05, 0.1) is 7.14 Å². The molecule has 0 saturated carbocycles. The van der Waals surface area contributed by atoms with Gasteiger partial charge in [0.15, 0.2) is 0 Å². The van der Waals surface area contributed by atoms with Crippen molar-refractivity contribution in [2.45, 2.75) is 0 Å². The summed E-state index contributed by atoms with van der Waals surface area (Å²) in [5, 5.41) is 3.06. The van der Waals surface area contributed by atoms with E-state index in [1.54, 1.807) is 0 Å². The molecule has 0 spiro atoms. The van der Waals surface area contributed by atoms with Gasteiger partial charge in [0, 0.05) is 10.1 Å². The van der Waals surface area contributed by atoms with E-state index in [9.17, 15) is 0 Å². The Balaban J connectivity index is 2.75. The van der Waals surface area contributed by atoms with Crippen molar-refractivity contribution in [2.75, 3.05) is 20.2 Å². The van der Waals surface area contributed by atoms with E-state index < -0.39 is 0 Å². The predicted octanol–water partition coefficient (Wildman–Crippen LogP) is 3.10. The van der Waals surface area contributed by atoms with Crippen LogP contribution in [-0.4, -0.2) is 20.2 Å². The van der Waals surface area contributed by atoms with Crippen molar-refractivity contribution in [1.82, 2.24) is 5.32 Å². The first-order valence-corrected chi connectivity index (χ1v) is 7.30. The first-order valence-electron chi connectivity index (χ1n) is 4.07. The van der Waals surface area contributed by atoms with E-state index in [0.717, 1.165) is 12.3 Å². The van der Waals surface area contributed by atoms with Gasteiger partial charge in [0.1, 0.15) is 12.4 Å². The molecule has 0 aliphatic rings. The molecular weight excluding hydrogens is 519 g/mol. The lowest BCUT2D eigenvalue weighted by atomic mass is 10.3. The van der Waals surface area contributed by atoms with Gasteiger partial charge in [-0.2, -0.15) is 0 Å². The van der Waals surface area contributed by atoms with Gasteiger partial charge in [-0.1, -0.05) is 0 Å². The summed E-state index contributed by atoms with van der Waals surface area (Å²) >= 11 is 6.93. The molecule has 0 amide bonds. The van der Waals surface area contributed by atoms with Gasteiger partial charge in [-0.05, 0) is 87.0 Å². The Morgan fingerprint density at radius 3 is 2.29 bits per heavy atom. The molecular formula is C9H10I3NO. The minimum absolute atomic E-state index is 0.711. The molecule has 0 radical (unpaired) electrons. The molecule has 0 aliphatic heterocycles. The van der Waals surface area contributed by atoms with E-state index in [1.165, 1.54) is 10.7 Å². The summed E-state index contributed by atoms with van der Waals surface area (Å²) in [6, 6.07) is 4.25. The standard InChI is InChI=1S/C9H10I3NO/c1-13-2-3-14-9-7(11)4-6(10)5-8(9)12/h4-5,13H,2-3H2,1H3. The number of halogens is 3. The van der Waals surface area contributed by atoms with Crippen LogP contribution in [0.25, 0.3) is 0 Å². The van der Waals surface area contributed by atoms with Crippen LogP contribution in [0.4, 0.5) is 0 Å². The lowest BCUT2D eigenvalue weighted by Crippen LogP contribution is -2.16. The van der Waals surface area contributed by atoms with E-state index in [1.807, 2.05) is 7.05 Å². The highest BCUT2D eigenvalue weighted by atomic mass is 127. The van der Waals surface area contributed by atoms with E-state index >= 15 is 0 Å². The monoisotopic (exact) mass is 529 g/mol. The first-order chi connectivity index (χ1) is 6.65. The smallest absolute Gasteiger partial charge is 0.146 e. The van der Waals surface area contributed by atoms with Gasteiger partial charge in [0.25, 0.3) is 0 Å². The van der Waals surface area contributed by atoms with Crippen LogP contribution < -0.4 is 10.1 Å². The zero-order chi connectivity index (χ0) is 10.6. The van der Waals surface area contributed by atoms with Gasteiger partial charge < -0.3 is 10.1 Å². The van der Waals surface area contributed by atoms with Gasteiger partial charge in [-0.25, -0.2) is 0 Å². The van der Waals surface area contributed by atoms with Crippen molar-refractivity contribution in [1.29, 1.82) is 0 Å². The zero-order valence-corrected chi connectivity index (χ0v) is 14.1. The number of rotatable bonds is 4. The van der Waals surface area contributed by atoms with E-state index in [4.69, 9.17) is 4.74 Å². The molecule has 2 nitrogen and oxygen atoms in total. The molecule has 0 unspecified atom stereocenters. The lowest BCUT2D eigenvalue weighted by Gasteiger charge is -2.10. The molecule has 0 aromatic heterocycles. The summed E-state index contributed by atoms with van der Waals surface area (Å²) in [7, 11) is 1.92. The maximum Gasteiger partial charge on any atom is 0.146 e. The average Bonchev–Trinajstić information content (AvgIpc) is 2.09. The molecule has 0 atom stereocenters. The molecule has 0 fully saturated rings. The van der Waals surface area contributed by atoms with Crippen molar-refractivity contribution in [3.63, 3.8) is 0 Å². The van der Waals surface area contributed by atoms with Crippen LogP contribution in [0.1, 0.15) is 0 Å². The fraction of sp³-hybridized carbons (Fsp3) is 0.333. The second-order valence-corrected chi connectivity index (χ2v) is 6.22. The number of ether oxygens (including phenoxy) is 1. The summed E-state index contributed by atoms with van der Waals surface area (Å²) < 4.78 is 9.28. The maximum atomic E-state index is 5.68. The van der Waals surface area contributed by atoms with Crippen molar-refractivity contribution in [3.8, 4) is 5.75 Å². The van der Waals surface area contributed by atoms with Crippen molar-refractivity contribution < 1.29 is 4.74 Å². The van der Waals surface area contributed by atoms with Gasteiger partial charge in [0.2, 0.25) is 0 Å². The Hall–Kier alpha value is 1.17. The van der Waals surface area contributed by atoms with Gasteiger partial charge in [-0.3, -0.25) is 0 Å². The molecule has 1 aromatic rings. The third kappa shape index (κ3) is 3.97.